The summed E-state index contributed by atoms with van der Waals surface area (Å²) < 4.78 is 1.85. The first-order chi connectivity index (χ1) is 8.97. The van der Waals surface area contributed by atoms with Crippen molar-refractivity contribution >= 4 is 5.91 Å². The maximum Gasteiger partial charge on any atom is 0.257 e. The zero-order valence-electron chi connectivity index (χ0n) is 12.4. The van der Waals surface area contributed by atoms with E-state index in [0.29, 0.717) is 18.7 Å². The lowest BCUT2D eigenvalue weighted by Gasteiger charge is -2.19. The second kappa shape index (κ2) is 7.25. The van der Waals surface area contributed by atoms with Crippen LogP contribution in [0.5, 0.6) is 0 Å². The molecule has 6 nitrogen and oxygen atoms in total. The van der Waals surface area contributed by atoms with Crippen molar-refractivity contribution < 1.29 is 4.79 Å². The third-order valence-corrected chi connectivity index (χ3v) is 3.14. The molecule has 1 amide bonds. The van der Waals surface area contributed by atoms with Crippen LogP contribution in [-0.4, -0.2) is 66.3 Å². The molecule has 2 N–H and O–H groups in total. The fourth-order valence-corrected chi connectivity index (χ4v) is 1.78. The van der Waals surface area contributed by atoms with Crippen LogP contribution in [0.4, 0.5) is 0 Å². The molecule has 0 atom stereocenters. The van der Waals surface area contributed by atoms with E-state index < -0.39 is 0 Å². The first-order valence-electron chi connectivity index (χ1n) is 6.60. The second-order valence-electron chi connectivity index (χ2n) is 5.04. The molecule has 0 saturated heterocycles. The Morgan fingerprint density at radius 3 is 2.63 bits per heavy atom. The molecular formula is C13H25N5O. The van der Waals surface area contributed by atoms with Gasteiger partial charge >= 0.3 is 0 Å². The van der Waals surface area contributed by atoms with Crippen molar-refractivity contribution in [3.8, 4) is 0 Å². The van der Waals surface area contributed by atoms with Crippen LogP contribution in [0.3, 0.4) is 0 Å². The van der Waals surface area contributed by atoms with Gasteiger partial charge in [0.15, 0.2) is 0 Å². The molecule has 1 heterocycles. The number of rotatable bonds is 7. The Morgan fingerprint density at radius 1 is 1.37 bits per heavy atom. The highest BCUT2D eigenvalue weighted by Crippen LogP contribution is 2.10. The number of aromatic nitrogens is 2. The van der Waals surface area contributed by atoms with Crippen molar-refractivity contribution in [1.29, 1.82) is 0 Å². The molecule has 0 unspecified atom stereocenters. The molecule has 0 bridgehead atoms. The van der Waals surface area contributed by atoms with Gasteiger partial charge in [-0.15, -0.1) is 0 Å². The van der Waals surface area contributed by atoms with Crippen LogP contribution in [0.15, 0.2) is 6.20 Å². The van der Waals surface area contributed by atoms with E-state index in [-0.39, 0.29) is 5.91 Å². The zero-order valence-corrected chi connectivity index (χ0v) is 12.4. The summed E-state index contributed by atoms with van der Waals surface area (Å²) in [5.41, 5.74) is 7.08. The van der Waals surface area contributed by atoms with E-state index in [4.69, 9.17) is 5.73 Å². The highest BCUT2D eigenvalue weighted by molar-refractivity contribution is 5.94. The summed E-state index contributed by atoms with van der Waals surface area (Å²) in [6.45, 7) is 4.88. The van der Waals surface area contributed by atoms with Crippen molar-refractivity contribution in [2.24, 2.45) is 5.73 Å². The van der Waals surface area contributed by atoms with Gasteiger partial charge in [-0.1, -0.05) is 0 Å². The fourth-order valence-electron chi connectivity index (χ4n) is 1.78. The Labute approximate surface area is 115 Å². The van der Waals surface area contributed by atoms with Crippen LogP contribution in [0.25, 0.3) is 0 Å². The van der Waals surface area contributed by atoms with Crippen molar-refractivity contribution in [1.82, 2.24) is 19.6 Å². The first kappa shape index (κ1) is 15.7. The van der Waals surface area contributed by atoms with E-state index in [0.717, 1.165) is 25.2 Å². The molecule has 0 aliphatic carbocycles. The van der Waals surface area contributed by atoms with Crippen LogP contribution in [0, 0.1) is 6.92 Å². The summed E-state index contributed by atoms with van der Waals surface area (Å²) in [6, 6.07) is 0. The smallest absolute Gasteiger partial charge is 0.257 e. The Kier molecular flexibility index (Phi) is 5.98. The molecule has 0 aromatic carbocycles. The number of hydrogen-bond donors (Lipinski definition) is 1. The number of likely N-dealkylation sites (N-methyl/N-ethyl adjacent to an activating group) is 2. The molecule has 1 rings (SSSR count). The number of nitrogens with zero attached hydrogens (tertiary/aromatic N) is 4. The van der Waals surface area contributed by atoms with Gasteiger partial charge in [-0.3, -0.25) is 9.48 Å². The van der Waals surface area contributed by atoms with Gasteiger partial charge in [-0.05, 0) is 34.0 Å². The number of carbonyl (C=O) groups is 1. The Balaban J connectivity index is 2.68. The van der Waals surface area contributed by atoms with Crippen LogP contribution >= 0.6 is 0 Å². The number of hydrogen-bond acceptors (Lipinski definition) is 4. The largest absolute Gasteiger partial charge is 0.340 e. The van der Waals surface area contributed by atoms with E-state index in [1.54, 1.807) is 11.1 Å². The molecule has 0 aliphatic rings. The molecule has 6 heteroatoms. The maximum absolute atomic E-state index is 12.3. The lowest BCUT2D eigenvalue weighted by atomic mass is 10.2. The van der Waals surface area contributed by atoms with Crippen LogP contribution < -0.4 is 5.73 Å². The van der Waals surface area contributed by atoms with Crippen molar-refractivity contribution in [2.75, 3.05) is 40.8 Å². The van der Waals surface area contributed by atoms with Gasteiger partial charge in [-0.25, -0.2) is 0 Å². The summed E-state index contributed by atoms with van der Waals surface area (Å²) >= 11 is 0. The summed E-state index contributed by atoms with van der Waals surface area (Å²) in [4.78, 5) is 16.1. The van der Waals surface area contributed by atoms with Crippen molar-refractivity contribution in [2.45, 2.75) is 19.9 Å². The van der Waals surface area contributed by atoms with E-state index in [1.807, 2.05) is 32.7 Å². The summed E-state index contributed by atoms with van der Waals surface area (Å²) in [6.07, 6.45) is 2.52. The van der Waals surface area contributed by atoms with Crippen LogP contribution in [-0.2, 0) is 6.54 Å². The third kappa shape index (κ3) is 4.33. The Hall–Kier alpha value is -1.40. The zero-order chi connectivity index (χ0) is 14.4. The van der Waals surface area contributed by atoms with Crippen molar-refractivity contribution in [3.63, 3.8) is 0 Å². The molecule has 1 aromatic heterocycles. The Bertz CT molecular complexity index is 413. The first-order valence-corrected chi connectivity index (χ1v) is 6.60. The van der Waals surface area contributed by atoms with Crippen LogP contribution in [0.1, 0.15) is 22.5 Å². The van der Waals surface area contributed by atoms with Gasteiger partial charge < -0.3 is 15.5 Å². The molecule has 0 saturated carbocycles. The standard InChI is InChI=1S/C13H25N5O/c1-11-12(10-15-18(11)7-5-6-14)13(19)17(4)9-8-16(2)3/h10H,5-9,14H2,1-4H3. The van der Waals surface area contributed by atoms with Gasteiger partial charge in [0.1, 0.15) is 0 Å². The minimum atomic E-state index is 0.0262. The number of aryl methyl sites for hydroxylation is 1. The average Bonchev–Trinajstić information content (AvgIpc) is 2.73. The molecule has 0 fully saturated rings. The molecule has 0 aliphatic heterocycles. The van der Waals surface area contributed by atoms with Crippen molar-refractivity contribution in [3.05, 3.63) is 17.5 Å². The quantitative estimate of drug-likeness (QED) is 0.765. The Morgan fingerprint density at radius 2 is 2.05 bits per heavy atom. The van der Waals surface area contributed by atoms with E-state index in [1.165, 1.54) is 0 Å². The fraction of sp³-hybridized carbons (Fsp3) is 0.692. The predicted octanol–water partition coefficient (Wildman–Crippen LogP) is 0.174. The number of nitrogens with two attached hydrogens (primary N) is 1. The van der Waals surface area contributed by atoms with E-state index >= 15 is 0 Å². The van der Waals surface area contributed by atoms with Gasteiger partial charge in [0.25, 0.3) is 5.91 Å². The third-order valence-electron chi connectivity index (χ3n) is 3.14. The molecule has 0 spiro atoms. The maximum atomic E-state index is 12.3. The summed E-state index contributed by atoms with van der Waals surface area (Å²) in [5, 5.41) is 4.26. The van der Waals surface area contributed by atoms with E-state index in [9.17, 15) is 4.79 Å². The number of carbonyl (C=O) groups excluding carboxylic acids is 1. The normalized spacial score (nSPS) is 11.1. The molecular weight excluding hydrogens is 242 g/mol. The van der Waals surface area contributed by atoms with E-state index in [2.05, 4.69) is 10.00 Å². The lowest BCUT2D eigenvalue weighted by Crippen LogP contribution is -2.33. The topological polar surface area (TPSA) is 67.4 Å². The minimum absolute atomic E-state index is 0.0262. The lowest BCUT2D eigenvalue weighted by molar-refractivity contribution is 0.0785. The van der Waals surface area contributed by atoms with Gasteiger partial charge in [0, 0.05) is 32.4 Å². The molecule has 108 valence electrons. The average molecular weight is 267 g/mol. The monoisotopic (exact) mass is 267 g/mol. The second-order valence-corrected chi connectivity index (χ2v) is 5.04. The molecule has 0 radical (unpaired) electrons. The predicted molar refractivity (Wildman–Crippen MR) is 76.1 cm³/mol. The number of amides is 1. The molecule has 1 aromatic rings. The summed E-state index contributed by atoms with van der Waals surface area (Å²) in [7, 11) is 5.81. The highest BCUT2D eigenvalue weighted by atomic mass is 16.2. The summed E-state index contributed by atoms with van der Waals surface area (Å²) in [5.74, 6) is 0.0262. The van der Waals surface area contributed by atoms with Gasteiger partial charge in [0.2, 0.25) is 0 Å². The SMILES string of the molecule is Cc1c(C(=O)N(C)CCN(C)C)cnn1CCCN. The minimum Gasteiger partial charge on any atom is -0.340 e. The van der Waals surface area contributed by atoms with Gasteiger partial charge in [0.05, 0.1) is 11.8 Å². The van der Waals surface area contributed by atoms with Crippen LogP contribution in [0.2, 0.25) is 0 Å². The molecule has 19 heavy (non-hydrogen) atoms. The van der Waals surface area contributed by atoms with Gasteiger partial charge in [-0.2, -0.15) is 5.10 Å². The highest BCUT2D eigenvalue weighted by Gasteiger charge is 2.17.